The molecule has 1 aromatic carbocycles. The van der Waals surface area contributed by atoms with E-state index in [-0.39, 0.29) is 0 Å². The Kier molecular flexibility index (Phi) is 3.35. The lowest BCUT2D eigenvalue weighted by Crippen LogP contribution is -2.09. The maximum Gasteiger partial charge on any atom is 0.166 e. The first-order valence-corrected chi connectivity index (χ1v) is 8.12. The number of nitrogens with zero attached hydrogens (tertiary/aromatic N) is 1. The predicted molar refractivity (Wildman–Crippen MR) is 85.3 cm³/mol. The van der Waals surface area contributed by atoms with E-state index in [9.17, 15) is 0 Å². The summed E-state index contributed by atoms with van der Waals surface area (Å²) < 4.78 is 3.36. The van der Waals surface area contributed by atoms with Crippen LogP contribution in [0.5, 0.6) is 0 Å². The van der Waals surface area contributed by atoms with Gasteiger partial charge >= 0.3 is 0 Å². The topological polar surface area (TPSA) is 4.93 Å². The summed E-state index contributed by atoms with van der Waals surface area (Å²) in [6.45, 7) is 6.56. The Morgan fingerprint density at radius 1 is 1.05 bits per heavy atom. The van der Waals surface area contributed by atoms with Crippen LogP contribution in [0.3, 0.4) is 0 Å². The molecule has 0 fully saturated rings. The number of aromatic nitrogens is 1. The van der Waals surface area contributed by atoms with Gasteiger partial charge in [-0.3, -0.25) is 4.57 Å². The lowest BCUT2D eigenvalue weighted by molar-refractivity contribution is 0.665. The number of thiazole rings is 1. The lowest BCUT2D eigenvalue weighted by Gasteiger charge is -2.18. The van der Waals surface area contributed by atoms with Gasteiger partial charge < -0.3 is 0 Å². The van der Waals surface area contributed by atoms with Crippen LogP contribution in [0.4, 0.5) is 0 Å². The maximum atomic E-state index is 5.64. The fraction of sp³-hybridized carbons (Fsp3) is 0.438. The van der Waals surface area contributed by atoms with E-state index >= 15 is 0 Å². The maximum absolute atomic E-state index is 5.64. The van der Waals surface area contributed by atoms with Gasteiger partial charge in [-0.25, -0.2) is 0 Å². The molecule has 3 rings (SSSR count). The largest absolute Gasteiger partial charge is 0.295 e. The van der Waals surface area contributed by atoms with Gasteiger partial charge in [0.25, 0.3) is 0 Å². The van der Waals surface area contributed by atoms with Gasteiger partial charge in [-0.1, -0.05) is 17.7 Å². The summed E-state index contributed by atoms with van der Waals surface area (Å²) in [6.07, 6.45) is 4.99. The first kappa shape index (κ1) is 13.1. The molecule has 1 heterocycles. The van der Waals surface area contributed by atoms with Crippen molar-refractivity contribution < 1.29 is 0 Å². The van der Waals surface area contributed by atoms with E-state index in [0.717, 1.165) is 3.95 Å². The van der Waals surface area contributed by atoms with E-state index in [1.54, 1.807) is 0 Å². The molecule has 19 heavy (non-hydrogen) atoms. The predicted octanol–water partition coefficient (Wildman–Crippen LogP) is 5.07. The van der Waals surface area contributed by atoms with Crippen molar-refractivity contribution in [1.29, 1.82) is 0 Å². The molecule has 1 aliphatic carbocycles. The van der Waals surface area contributed by atoms with Crippen molar-refractivity contribution in [3.05, 3.63) is 43.3 Å². The molecule has 0 aliphatic heterocycles. The number of fused-ring (bicyclic) bond motifs is 1. The summed E-state index contributed by atoms with van der Waals surface area (Å²) in [5.74, 6) is 0. The van der Waals surface area contributed by atoms with Crippen molar-refractivity contribution >= 4 is 23.6 Å². The molecule has 0 amide bonds. The highest BCUT2D eigenvalue weighted by Gasteiger charge is 2.19. The molecule has 0 spiro atoms. The molecule has 3 heteroatoms. The molecule has 0 saturated carbocycles. The molecule has 0 radical (unpaired) electrons. The van der Waals surface area contributed by atoms with Crippen LogP contribution in [-0.4, -0.2) is 4.57 Å². The first-order valence-electron chi connectivity index (χ1n) is 6.90. The fourth-order valence-corrected chi connectivity index (χ4v) is 4.79. The number of rotatable bonds is 1. The van der Waals surface area contributed by atoms with Crippen molar-refractivity contribution in [2.24, 2.45) is 0 Å². The molecule has 0 atom stereocenters. The average molecular weight is 289 g/mol. The second-order valence-corrected chi connectivity index (χ2v) is 7.26. The van der Waals surface area contributed by atoms with E-state index in [1.165, 1.54) is 58.6 Å². The van der Waals surface area contributed by atoms with Gasteiger partial charge in [0.05, 0.1) is 5.69 Å². The monoisotopic (exact) mass is 289 g/mol. The Hall–Kier alpha value is -0.930. The van der Waals surface area contributed by atoms with Gasteiger partial charge in [0.1, 0.15) is 0 Å². The summed E-state index contributed by atoms with van der Waals surface area (Å²) in [6, 6.07) is 4.52. The molecule has 0 unspecified atom stereocenters. The highest BCUT2D eigenvalue weighted by atomic mass is 32.1. The van der Waals surface area contributed by atoms with Crippen LogP contribution < -0.4 is 0 Å². The van der Waals surface area contributed by atoms with Crippen molar-refractivity contribution in [1.82, 2.24) is 4.57 Å². The second kappa shape index (κ2) is 4.88. The minimum Gasteiger partial charge on any atom is -0.295 e. The zero-order chi connectivity index (χ0) is 13.6. The van der Waals surface area contributed by atoms with Crippen molar-refractivity contribution in [2.75, 3.05) is 0 Å². The van der Waals surface area contributed by atoms with Crippen LogP contribution >= 0.6 is 23.6 Å². The zero-order valence-corrected chi connectivity index (χ0v) is 13.4. The third-order valence-electron chi connectivity index (χ3n) is 3.91. The minimum absolute atomic E-state index is 1.02. The van der Waals surface area contributed by atoms with Crippen LogP contribution in [-0.2, 0) is 12.8 Å². The van der Waals surface area contributed by atoms with Crippen molar-refractivity contribution in [3.63, 3.8) is 0 Å². The molecule has 100 valence electrons. The molecule has 0 N–H and O–H groups in total. The Labute approximate surface area is 123 Å². The standard InChI is InChI=1S/C16H19NS2/c1-10-8-11(2)15(12(3)9-10)17-13-6-4-5-7-14(13)19-16(17)18/h8-9H,4-7H2,1-3H3. The van der Waals surface area contributed by atoms with Crippen molar-refractivity contribution in [2.45, 2.75) is 46.5 Å². The Morgan fingerprint density at radius 3 is 2.37 bits per heavy atom. The first-order chi connectivity index (χ1) is 9.08. The van der Waals surface area contributed by atoms with Gasteiger partial charge in [-0.05, 0) is 69.8 Å². The summed E-state index contributed by atoms with van der Waals surface area (Å²) in [4.78, 5) is 1.51. The van der Waals surface area contributed by atoms with Gasteiger partial charge in [-0.2, -0.15) is 0 Å². The highest BCUT2D eigenvalue weighted by Crippen LogP contribution is 2.33. The number of aryl methyl sites for hydroxylation is 4. The lowest BCUT2D eigenvalue weighted by atomic mass is 10.0. The van der Waals surface area contributed by atoms with Gasteiger partial charge in [-0.15, -0.1) is 11.3 Å². The van der Waals surface area contributed by atoms with Crippen LogP contribution in [0.25, 0.3) is 5.69 Å². The Morgan fingerprint density at radius 2 is 1.68 bits per heavy atom. The number of hydrogen-bond acceptors (Lipinski definition) is 2. The molecule has 2 aromatic rings. The molecule has 0 saturated heterocycles. The molecule has 1 aliphatic rings. The quantitative estimate of drug-likeness (QED) is 0.663. The fourth-order valence-electron chi connectivity index (χ4n) is 3.22. The summed E-state index contributed by atoms with van der Waals surface area (Å²) in [5.41, 5.74) is 6.78. The van der Waals surface area contributed by atoms with E-state index < -0.39 is 0 Å². The molecule has 1 nitrogen and oxygen atoms in total. The zero-order valence-electron chi connectivity index (χ0n) is 11.7. The average Bonchev–Trinajstić information content (AvgIpc) is 2.65. The van der Waals surface area contributed by atoms with E-state index in [2.05, 4.69) is 37.5 Å². The Balaban J connectivity index is 2.29. The van der Waals surface area contributed by atoms with Crippen LogP contribution in [0, 0.1) is 24.7 Å². The summed E-state index contributed by atoms with van der Waals surface area (Å²) in [7, 11) is 0. The van der Waals surface area contributed by atoms with E-state index in [0.29, 0.717) is 0 Å². The third kappa shape index (κ3) is 2.19. The van der Waals surface area contributed by atoms with Crippen molar-refractivity contribution in [3.8, 4) is 5.69 Å². The minimum atomic E-state index is 1.02. The molecular weight excluding hydrogens is 270 g/mol. The van der Waals surface area contributed by atoms with E-state index in [1.807, 2.05) is 11.3 Å². The van der Waals surface area contributed by atoms with Gasteiger partial charge in [0, 0.05) is 10.6 Å². The van der Waals surface area contributed by atoms with Gasteiger partial charge in [0.2, 0.25) is 0 Å². The smallest absolute Gasteiger partial charge is 0.166 e. The normalized spacial score (nSPS) is 14.5. The second-order valence-electron chi connectivity index (χ2n) is 5.53. The van der Waals surface area contributed by atoms with Gasteiger partial charge in [0.15, 0.2) is 3.95 Å². The SMILES string of the molecule is Cc1cc(C)c(-n2c3c(sc2=S)CCCC3)c(C)c1. The van der Waals surface area contributed by atoms with E-state index in [4.69, 9.17) is 12.2 Å². The third-order valence-corrected chi connectivity index (χ3v) is 5.39. The summed E-state index contributed by atoms with van der Waals surface area (Å²) >= 11 is 7.45. The Bertz CT molecular complexity index is 668. The number of hydrogen-bond donors (Lipinski definition) is 0. The highest BCUT2D eigenvalue weighted by molar-refractivity contribution is 7.73. The molecule has 1 aromatic heterocycles. The summed E-state index contributed by atoms with van der Waals surface area (Å²) in [5, 5.41) is 0. The van der Waals surface area contributed by atoms with Crippen LogP contribution in [0.15, 0.2) is 12.1 Å². The van der Waals surface area contributed by atoms with Crippen LogP contribution in [0.2, 0.25) is 0 Å². The molecule has 0 bridgehead atoms. The number of benzene rings is 1. The molecular formula is C16H19NS2. The van der Waals surface area contributed by atoms with Crippen LogP contribution in [0.1, 0.15) is 40.1 Å².